The van der Waals surface area contributed by atoms with Crippen LogP contribution in [0.2, 0.25) is 0 Å². The van der Waals surface area contributed by atoms with Crippen molar-refractivity contribution in [2.24, 2.45) is 0 Å². The highest BCUT2D eigenvalue weighted by molar-refractivity contribution is 6.01. The predicted octanol–water partition coefficient (Wildman–Crippen LogP) is 4.84. The van der Waals surface area contributed by atoms with E-state index in [0.717, 1.165) is 22.4 Å². The molecule has 6 rings (SSSR count). The van der Waals surface area contributed by atoms with Crippen molar-refractivity contribution in [1.82, 2.24) is 14.8 Å². The number of fused-ring (bicyclic) bond motifs is 2. The molecule has 2 aliphatic heterocycles. The van der Waals surface area contributed by atoms with Crippen LogP contribution < -0.4 is 10.1 Å². The summed E-state index contributed by atoms with van der Waals surface area (Å²) in [5.74, 6) is 0.144. The molecule has 0 fully saturated rings. The van der Waals surface area contributed by atoms with E-state index in [0.29, 0.717) is 55.2 Å². The summed E-state index contributed by atoms with van der Waals surface area (Å²) >= 11 is 0. The number of benzene rings is 3. The van der Waals surface area contributed by atoms with Gasteiger partial charge in [0.2, 0.25) is 0 Å². The van der Waals surface area contributed by atoms with Crippen LogP contribution >= 0.6 is 0 Å². The van der Waals surface area contributed by atoms with E-state index >= 15 is 0 Å². The van der Waals surface area contributed by atoms with Gasteiger partial charge < -0.3 is 19.9 Å². The third kappa shape index (κ3) is 5.68. The van der Waals surface area contributed by atoms with Crippen LogP contribution in [-0.4, -0.2) is 45.2 Å². The average Bonchev–Trinajstić information content (AvgIpc) is 3.01. The molecule has 0 aliphatic carbocycles. The van der Waals surface area contributed by atoms with Gasteiger partial charge in [0.1, 0.15) is 5.75 Å². The molecular formula is C33H30N4O4. The molecule has 1 N–H and O–H groups in total. The Morgan fingerprint density at radius 1 is 0.951 bits per heavy atom. The number of pyridine rings is 1. The van der Waals surface area contributed by atoms with Gasteiger partial charge in [-0.05, 0) is 72.5 Å². The molecule has 2 aliphatic rings. The Morgan fingerprint density at radius 3 is 2.56 bits per heavy atom. The van der Waals surface area contributed by atoms with E-state index in [1.165, 1.54) is 0 Å². The minimum absolute atomic E-state index is 0.0616. The van der Waals surface area contributed by atoms with Crippen molar-refractivity contribution in [3.05, 3.63) is 125 Å². The maximum absolute atomic E-state index is 13.8. The van der Waals surface area contributed by atoms with Gasteiger partial charge in [-0.2, -0.15) is 0 Å². The van der Waals surface area contributed by atoms with Crippen LogP contribution in [0.3, 0.4) is 0 Å². The number of aromatic nitrogens is 1. The molecule has 3 heterocycles. The second kappa shape index (κ2) is 11.3. The van der Waals surface area contributed by atoms with Gasteiger partial charge in [-0.15, -0.1) is 0 Å². The fourth-order valence-electron chi connectivity index (χ4n) is 5.26. The lowest BCUT2D eigenvalue weighted by Crippen LogP contribution is -2.37. The molecule has 3 amide bonds. The van der Waals surface area contributed by atoms with Gasteiger partial charge in [0.15, 0.2) is 6.10 Å². The van der Waals surface area contributed by atoms with Gasteiger partial charge >= 0.3 is 0 Å². The van der Waals surface area contributed by atoms with E-state index in [9.17, 15) is 14.4 Å². The SMILES string of the molecule is CC1Oc2ccc(C(=O)N3CCc4cc(C(=O)N(Cc5ccccc5)Cc5ccccn5)ccc4C3)cc2NC1=O. The summed E-state index contributed by atoms with van der Waals surface area (Å²) in [6, 6.07) is 26.5. The largest absolute Gasteiger partial charge is 0.479 e. The number of ether oxygens (including phenoxy) is 1. The Bertz CT molecular complexity index is 1570. The zero-order chi connectivity index (χ0) is 28.3. The van der Waals surface area contributed by atoms with Crippen LogP contribution in [0.25, 0.3) is 0 Å². The maximum atomic E-state index is 13.8. The van der Waals surface area contributed by atoms with Crippen LogP contribution in [0.1, 0.15) is 50.0 Å². The Balaban J connectivity index is 1.18. The molecule has 0 saturated heterocycles. The zero-order valence-corrected chi connectivity index (χ0v) is 22.7. The first kappa shape index (κ1) is 26.3. The number of anilines is 1. The second-order valence-corrected chi connectivity index (χ2v) is 10.4. The number of nitrogens with zero attached hydrogens (tertiary/aromatic N) is 3. The number of carbonyl (C=O) groups is 3. The van der Waals surface area contributed by atoms with Crippen molar-refractivity contribution in [3.8, 4) is 5.75 Å². The van der Waals surface area contributed by atoms with Gasteiger partial charge in [0.05, 0.1) is 17.9 Å². The van der Waals surface area contributed by atoms with Gasteiger partial charge in [-0.3, -0.25) is 19.4 Å². The summed E-state index contributed by atoms with van der Waals surface area (Å²) in [5.41, 5.74) is 5.57. The van der Waals surface area contributed by atoms with E-state index < -0.39 is 6.10 Å². The molecule has 206 valence electrons. The Morgan fingerprint density at radius 2 is 1.76 bits per heavy atom. The molecule has 0 spiro atoms. The molecule has 1 atom stereocenters. The first-order valence-electron chi connectivity index (χ1n) is 13.7. The van der Waals surface area contributed by atoms with E-state index in [1.807, 2.05) is 71.6 Å². The minimum atomic E-state index is -0.570. The summed E-state index contributed by atoms with van der Waals surface area (Å²) in [7, 11) is 0. The van der Waals surface area contributed by atoms with Gasteiger partial charge in [0, 0.05) is 37.0 Å². The number of hydrogen-bond acceptors (Lipinski definition) is 5. The highest BCUT2D eigenvalue weighted by Gasteiger charge is 2.27. The highest BCUT2D eigenvalue weighted by atomic mass is 16.5. The second-order valence-electron chi connectivity index (χ2n) is 10.4. The van der Waals surface area contributed by atoms with Crippen LogP contribution in [0.5, 0.6) is 5.75 Å². The molecule has 8 nitrogen and oxygen atoms in total. The molecule has 0 bridgehead atoms. The molecule has 1 aromatic heterocycles. The molecule has 0 saturated carbocycles. The molecule has 0 radical (unpaired) electrons. The highest BCUT2D eigenvalue weighted by Crippen LogP contribution is 2.31. The van der Waals surface area contributed by atoms with Crippen LogP contribution in [-0.2, 0) is 30.8 Å². The lowest BCUT2D eigenvalue weighted by atomic mass is 9.96. The molecule has 8 heteroatoms. The van der Waals surface area contributed by atoms with Crippen molar-refractivity contribution < 1.29 is 19.1 Å². The summed E-state index contributed by atoms with van der Waals surface area (Å²) in [4.78, 5) is 47.2. The van der Waals surface area contributed by atoms with Gasteiger partial charge in [0.25, 0.3) is 17.7 Å². The van der Waals surface area contributed by atoms with Crippen molar-refractivity contribution in [2.45, 2.75) is 39.1 Å². The summed E-state index contributed by atoms with van der Waals surface area (Å²) in [6.07, 6.45) is 1.81. The number of carbonyl (C=O) groups excluding carboxylic acids is 3. The van der Waals surface area contributed by atoms with Crippen molar-refractivity contribution in [3.63, 3.8) is 0 Å². The number of hydrogen-bond donors (Lipinski definition) is 1. The number of amides is 3. The lowest BCUT2D eigenvalue weighted by molar-refractivity contribution is -0.122. The van der Waals surface area contributed by atoms with Crippen molar-refractivity contribution >= 4 is 23.4 Å². The third-order valence-corrected chi connectivity index (χ3v) is 7.49. The molecule has 3 aromatic carbocycles. The zero-order valence-electron chi connectivity index (χ0n) is 22.7. The molecule has 41 heavy (non-hydrogen) atoms. The fraction of sp³-hybridized carbons (Fsp3) is 0.212. The van der Waals surface area contributed by atoms with Crippen molar-refractivity contribution in [2.75, 3.05) is 11.9 Å². The Hall–Kier alpha value is -4.98. The first-order valence-corrected chi connectivity index (χ1v) is 13.7. The molecular weight excluding hydrogens is 516 g/mol. The fourth-order valence-corrected chi connectivity index (χ4v) is 5.26. The topological polar surface area (TPSA) is 91.8 Å². The van der Waals surface area contributed by atoms with Crippen LogP contribution in [0, 0.1) is 0 Å². The minimum Gasteiger partial charge on any atom is -0.479 e. The first-order chi connectivity index (χ1) is 19.9. The van der Waals surface area contributed by atoms with Crippen LogP contribution in [0.15, 0.2) is 91.1 Å². The smallest absolute Gasteiger partial charge is 0.265 e. The number of nitrogens with one attached hydrogen (secondary N) is 1. The van der Waals surface area contributed by atoms with Crippen LogP contribution in [0.4, 0.5) is 5.69 Å². The number of rotatable bonds is 6. The normalized spacial score (nSPS) is 15.7. The standard InChI is InChI=1S/C33H30N4O4/c1-22-31(38)35-29-18-26(12-13-30(29)41-22)32(39)36-16-14-24-17-25(10-11-27(24)20-36)33(40)37(19-23-7-3-2-4-8-23)21-28-9-5-6-15-34-28/h2-13,15,17-18,22H,14,16,19-21H2,1H3,(H,35,38). The summed E-state index contributed by atoms with van der Waals surface area (Å²) in [6.45, 7) is 3.53. The molecule has 4 aromatic rings. The summed E-state index contributed by atoms with van der Waals surface area (Å²) < 4.78 is 5.61. The Labute approximate surface area is 238 Å². The van der Waals surface area contributed by atoms with Gasteiger partial charge in [-0.1, -0.05) is 42.5 Å². The quantitative estimate of drug-likeness (QED) is 0.374. The van der Waals surface area contributed by atoms with E-state index in [1.54, 1.807) is 36.2 Å². The Kier molecular flexibility index (Phi) is 7.20. The average molecular weight is 547 g/mol. The van der Waals surface area contributed by atoms with E-state index in [-0.39, 0.29) is 17.7 Å². The third-order valence-electron chi connectivity index (χ3n) is 7.49. The maximum Gasteiger partial charge on any atom is 0.265 e. The van der Waals surface area contributed by atoms with Crippen molar-refractivity contribution in [1.29, 1.82) is 0 Å². The van der Waals surface area contributed by atoms with E-state index in [4.69, 9.17) is 4.74 Å². The monoisotopic (exact) mass is 546 g/mol. The molecule has 1 unspecified atom stereocenters. The van der Waals surface area contributed by atoms with E-state index in [2.05, 4.69) is 10.3 Å². The van der Waals surface area contributed by atoms with Gasteiger partial charge in [-0.25, -0.2) is 0 Å². The summed E-state index contributed by atoms with van der Waals surface area (Å²) in [5, 5.41) is 2.81. The lowest BCUT2D eigenvalue weighted by Gasteiger charge is -2.30. The predicted molar refractivity (Wildman–Crippen MR) is 154 cm³/mol.